The fraction of sp³-hybridized carbons (Fsp3) is 0.0714. The molecule has 5 nitrogen and oxygen atoms in total. The third kappa shape index (κ3) is 3.09. The van der Waals surface area contributed by atoms with Gasteiger partial charge >= 0.3 is 0 Å². The standard InChI is InChI=1S/C14H13N3O2/c1-15-10-17(19)14-8-4-12(5-9-14)11-2-6-13(16-18)7-3-11/h2-10,17H,1H3. The van der Waals surface area contributed by atoms with E-state index < -0.39 is 0 Å². The summed E-state index contributed by atoms with van der Waals surface area (Å²) in [4.78, 5) is 14.0. The van der Waals surface area contributed by atoms with Crippen molar-refractivity contribution in [2.75, 3.05) is 7.05 Å². The first-order chi connectivity index (χ1) is 9.24. The fourth-order valence-corrected chi connectivity index (χ4v) is 1.73. The number of quaternary nitrogens is 1. The average Bonchev–Trinajstić information content (AvgIpc) is 2.48. The van der Waals surface area contributed by atoms with E-state index in [1.807, 2.05) is 24.3 Å². The van der Waals surface area contributed by atoms with Gasteiger partial charge < -0.3 is 5.21 Å². The van der Waals surface area contributed by atoms with Crippen molar-refractivity contribution in [1.29, 1.82) is 0 Å². The minimum absolute atomic E-state index is 0.116. The number of aliphatic imine (C=N–C) groups is 1. The lowest BCUT2D eigenvalue weighted by Crippen LogP contribution is -3.00. The van der Waals surface area contributed by atoms with Crippen LogP contribution < -0.4 is 5.06 Å². The van der Waals surface area contributed by atoms with Crippen LogP contribution in [0.3, 0.4) is 0 Å². The van der Waals surface area contributed by atoms with Gasteiger partial charge in [0.25, 0.3) is 0 Å². The highest BCUT2D eigenvalue weighted by atomic mass is 16.5. The van der Waals surface area contributed by atoms with E-state index in [1.54, 1.807) is 31.3 Å². The van der Waals surface area contributed by atoms with E-state index in [4.69, 9.17) is 0 Å². The second kappa shape index (κ2) is 5.99. The number of rotatable bonds is 4. The van der Waals surface area contributed by atoms with Gasteiger partial charge in [0.05, 0.1) is 0 Å². The number of hydrogen-bond acceptors (Lipinski definition) is 4. The number of nitrogens with zero attached hydrogens (tertiary/aromatic N) is 2. The van der Waals surface area contributed by atoms with Crippen molar-refractivity contribution in [3.05, 3.63) is 58.6 Å². The molecule has 2 aromatic rings. The maximum absolute atomic E-state index is 11.6. The maximum atomic E-state index is 11.6. The molecule has 1 N–H and O–H groups in total. The highest BCUT2D eigenvalue weighted by Gasteiger charge is 2.02. The molecule has 0 spiro atoms. The van der Waals surface area contributed by atoms with Gasteiger partial charge in [-0.3, -0.25) is 5.06 Å². The van der Waals surface area contributed by atoms with Crippen LogP contribution in [0, 0.1) is 10.1 Å². The van der Waals surface area contributed by atoms with Crippen LogP contribution >= 0.6 is 0 Å². The monoisotopic (exact) mass is 255 g/mol. The second-order valence-electron chi connectivity index (χ2n) is 3.97. The minimum Gasteiger partial charge on any atom is -0.623 e. The molecule has 0 aliphatic heterocycles. The molecule has 0 aromatic heterocycles. The van der Waals surface area contributed by atoms with Crippen LogP contribution in [-0.4, -0.2) is 13.4 Å². The molecular formula is C14H13N3O2. The Labute approximate surface area is 110 Å². The largest absolute Gasteiger partial charge is 0.623 e. The third-order valence-corrected chi connectivity index (χ3v) is 2.72. The third-order valence-electron chi connectivity index (χ3n) is 2.72. The Bertz CT molecular complexity index is 577. The molecule has 96 valence electrons. The Morgan fingerprint density at radius 2 is 1.53 bits per heavy atom. The van der Waals surface area contributed by atoms with Crippen LogP contribution in [0.5, 0.6) is 0 Å². The molecule has 0 aliphatic rings. The molecular weight excluding hydrogens is 242 g/mol. The zero-order valence-electron chi connectivity index (χ0n) is 10.4. The summed E-state index contributed by atoms with van der Waals surface area (Å²) in [6.07, 6.45) is 1.29. The van der Waals surface area contributed by atoms with Crippen molar-refractivity contribution < 1.29 is 5.06 Å². The fourth-order valence-electron chi connectivity index (χ4n) is 1.73. The van der Waals surface area contributed by atoms with Crippen molar-refractivity contribution in [3.8, 4) is 11.1 Å². The summed E-state index contributed by atoms with van der Waals surface area (Å²) in [5, 5.41) is 14.3. The predicted octanol–water partition coefficient (Wildman–Crippen LogP) is 2.42. The van der Waals surface area contributed by atoms with Gasteiger partial charge in [0.1, 0.15) is 11.4 Å². The molecule has 1 atom stereocenters. The lowest BCUT2D eigenvalue weighted by Gasteiger charge is -2.15. The normalized spacial score (nSPS) is 12.5. The van der Waals surface area contributed by atoms with Crippen LogP contribution in [0.15, 0.2) is 58.7 Å². The van der Waals surface area contributed by atoms with Crippen molar-refractivity contribution in [2.24, 2.45) is 10.2 Å². The highest BCUT2D eigenvalue weighted by molar-refractivity contribution is 5.66. The van der Waals surface area contributed by atoms with Crippen LogP contribution in [0.1, 0.15) is 0 Å². The van der Waals surface area contributed by atoms with Crippen molar-refractivity contribution in [1.82, 2.24) is 0 Å². The molecule has 2 aromatic carbocycles. The summed E-state index contributed by atoms with van der Waals surface area (Å²) in [7, 11) is 1.56. The first-order valence-electron chi connectivity index (χ1n) is 5.75. The summed E-state index contributed by atoms with van der Waals surface area (Å²) in [6, 6.07) is 14.2. The lowest BCUT2D eigenvalue weighted by molar-refractivity contribution is -0.659. The van der Waals surface area contributed by atoms with Gasteiger partial charge in [0.2, 0.25) is 0 Å². The molecule has 5 heteroatoms. The summed E-state index contributed by atoms with van der Waals surface area (Å²) in [6.45, 7) is 0. The molecule has 0 saturated heterocycles. The topological polar surface area (TPSA) is 69.3 Å². The van der Waals surface area contributed by atoms with Gasteiger partial charge in [-0.25, -0.2) is 4.99 Å². The Hall–Kier alpha value is -2.37. The molecule has 1 unspecified atom stereocenters. The van der Waals surface area contributed by atoms with Crippen LogP contribution in [-0.2, 0) is 0 Å². The molecule has 0 saturated carbocycles. The maximum Gasteiger partial charge on any atom is 0.188 e. The number of benzene rings is 2. The number of nitrogens with one attached hydrogen (secondary N) is 1. The molecule has 0 fully saturated rings. The molecule has 0 radical (unpaired) electrons. The number of nitroso groups, excluding NO2 is 1. The lowest BCUT2D eigenvalue weighted by atomic mass is 10.1. The number of hydroxylamine groups is 1. The zero-order valence-corrected chi connectivity index (χ0v) is 10.4. The van der Waals surface area contributed by atoms with Crippen molar-refractivity contribution in [3.63, 3.8) is 0 Å². The van der Waals surface area contributed by atoms with E-state index in [0.29, 0.717) is 11.4 Å². The Morgan fingerprint density at radius 1 is 1.00 bits per heavy atom. The van der Waals surface area contributed by atoms with Crippen molar-refractivity contribution >= 4 is 17.7 Å². The Balaban J connectivity index is 2.24. The van der Waals surface area contributed by atoms with E-state index in [1.165, 1.54) is 6.34 Å². The molecule has 0 aliphatic carbocycles. The molecule has 0 heterocycles. The molecule has 19 heavy (non-hydrogen) atoms. The average molecular weight is 255 g/mol. The van der Waals surface area contributed by atoms with Gasteiger partial charge in [-0.1, -0.05) is 12.1 Å². The van der Waals surface area contributed by atoms with E-state index in [2.05, 4.69) is 10.2 Å². The SMILES string of the molecule is CN=C[NH+]([O-])c1ccc(-c2ccc(N=O)cc2)cc1. The first-order valence-corrected chi connectivity index (χ1v) is 5.75. The van der Waals surface area contributed by atoms with Crippen molar-refractivity contribution in [2.45, 2.75) is 0 Å². The van der Waals surface area contributed by atoms with Crippen LogP contribution in [0.25, 0.3) is 11.1 Å². The summed E-state index contributed by atoms with van der Waals surface area (Å²) < 4.78 is 0. The van der Waals surface area contributed by atoms with E-state index in [-0.39, 0.29) is 5.06 Å². The Kier molecular flexibility index (Phi) is 4.12. The van der Waals surface area contributed by atoms with Gasteiger partial charge in [-0.05, 0) is 40.6 Å². The second-order valence-corrected chi connectivity index (χ2v) is 3.97. The zero-order chi connectivity index (χ0) is 13.7. The highest BCUT2D eigenvalue weighted by Crippen LogP contribution is 2.23. The Morgan fingerprint density at radius 3 is 2.00 bits per heavy atom. The van der Waals surface area contributed by atoms with Gasteiger partial charge in [0, 0.05) is 19.2 Å². The minimum atomic E-state index is -0.116. The first kappa shape index (κ1) is 13.1. The summed E-state index contributed by atoms with van der Waals surface area (Å²) in [5.74, 6) is 0. The van der Waals surface area contributed by atoms with E-state index >= 15 is 0 Å². The van der Waals surface area contributed by atoms with Gasteiger partial charge in [-0.2, -0.15) is 0 Å². The quantitative estimate of drug-likeness (QED) is 0.394. The molecule has 0 bridgehead atoms. The van der Waals surface area contributed by atoms with Gasteiger partial charge in [-0.15, -0.1) is 4.91 Å². The molecule has 0 amide bonds. The van der Waals surface area contributed by atoms with Crippen LogP contribution in [0.4, 0.5) is 11.4 Å². The summed E-state index contributed by atoms with van der Waals surface area (Å²) >= 11 is 0. The summed E-state index contributed by atoms with van der Waals surface area (Å²) in [5.41, 5.74) is 2.94. The molecule has 2 rings (SSSR count). The van der Waals surface area contributed by atoms with E-state index in [0.717, 1.165) is 11.1 Å². The predicted molar refractivity (Wildman–Crippen MR) is 75.7 cm³/mol. The van der Waals surface area contributed by atoms with Crippen LogP contribution in [0.2, 0.25) is 0 Å². The smallest absolute Gasteiger partial charge is 0.188 e. The van der Waals surface area contributed by atoms with E-state index in [9.17, 15) is 10.1 Å². The van der Waals surface area contributed by atoms with Gasteiger partial charge in [0.15, 0.2) is 6.34 Å². The number of hydrogen-bond donors (Lipinski definition) is 1.